The first-order valence-corrected chi connectivity index (χ1v) is 3.92. The van der Waals surface area contributed by atoms with Gasteiger partial charge in [-0.15, -0.1) is 0 Å². The summed E-state index contributed by atoms with van der Waals surface area (Å²) in [6.07, 6.45) is -1.71. The number of rotatable bonds is 4. The van der Waals surface area contributed by atoms with Gasteiger partial charge in [0.2, 0.25) is 0 Å². The highest BCUT2D eigenvalue weighted by Crippen LogP contribution is 2.30. The first-order chi connectivity index (χ1) is 4.89. The van der Waals surface area contributed by atoms with Gasteiger partial charge in [-0.1, -0.05) is 6.92 Å². The third-order valence-electron chi connectivity index (χ3n) is 1.30. The zero-order chi connectivity index (χ0) is 9.07. The van der Waals surface area contributed by atoms with E-state index < -0.39 is 16.9 Å². The van der Waals surface area contributed by atoms with Crippen LogP contribution in [0.5, 0.6) is 0 Å². The van der Waals surface area contributed by atoms with Gasteiger partial charge in [0.25, 0.3) is 0 Å². The van der Waals surface area contributed by atoms with Gasteiger partial charge in [-0.25, -0.2) is 0 Å². The summed E-state index contributed by atoms with van der Waals surface area (Å²) in [7, 11) is 1.40. The zero-order valence-corrected chi connectivity index (χ0v) is 7.94. The molecule has 0 bridgehead atoms. The molecule has 5 heteroatoms. The molecule has 2 nitrogen and oxygen atoms in total. The Kier molecular flexibility index (Phi) is 4.43. The van der Waals surface area contributed by atoms with Crippen molar-refractivity contribution in [3.05, 3.63) is 0 Å². The van der Waals surface area contributed by atoms with E-state index in [1.54, 1.807) is 0 Å². The van der Waals surface area contributed by atoms with Gasteiger partial charge in [0.05, 0.1) is 6.61 Å². The largest absolute Gasteiger partial charge is 0.385 e. The fourth-order valence-electron chi connectivity index (χ4n) is 0.677. The molecular formula is C6H11BrF2O2. The van der Waals surface area contributed by atoms with Crippen LogP contribution < -0.4 is 0 Å². The van der Waals surface area contributed by atoms with E-state index in [0.717, 1.165) is 0 Å². The van der Waals surface area contributed by atoms with E-state index in [-0.39, 0.29) is 6.61 Å². The molecule has 2 atom stereocenters. The van der Waals surface area contributed by atoms with Gasteiger partial charge in [0, 0.05) is 13.0 Å². The highest BCUT2D eigenvalue weighted by Gasteiger charge is 2.38. The van der Waals surface area contributed by atoms with Gasteiger partial charge in [-0.3, -0.25) is 0 Å². The van der Waals surface area contributed by atoms with Crippen LogP contribution in [0.1, 0.15) is 6.92 Å². The van der Waals surface area contributed by atoms with Crippen LogP contribution in [0.15, 0.2) is 0 Å². The van der Waals surface area contributed by atoms with Crippen molar-refractivity contribution in [1.82, 2.24) is 0 Å². The summed E-state index contributed by atoms with van der Waals surface area (Å²) in [6.45, 7) is 1.60. The van der Waals surface area contributed by atoms with Crippen molar-refractivity contribution in [3.63, 3.8) is 0 Å². The number of aliphatic hydroxyl groups excluding tert-OH is 1. The summed E-state index contributed by atoms with van der Waals surface area (Å²) in [5.41, 5.74) is 0. The van der Waals surface area contributed by atoms with E-state index >= 15 is 0 Å². The van der Waals surface area contributed by atoms with Crippen molar-refractivity contribution < 1.29 is 18.6 Å². The maximum absolute atomic E-state index is 12.3. The standard InChI is InChI=1S/C6H11BrF2O2/c1-4(3-11-2)5(10)6(7,8)9/h4-5,10H,3H2,1-2H3. The van der Waals surface area contributed by atoms with Crippen molar-refractivity contribution in [2.24, 2.45) is 5.92 Å². The number of halogens is 3. The smallest absolute Gasteiger partial charge is 0.327 e. The van der Waals surface area contributed by atoms with Gasteiger partial charge >= 0.3 is 4.83 Å². The summed E-state index contributed by atoms with van der Waals surface area (Å²) < 4.78 is 29.2. The maximum atomic E-state index is 12.3. The maximum Gasteiger partial charge on any atom is 0.327 e. The molecule has 0 aliphatic carbocycles. The molecule has 0 heterocycles. The Morgan fingerprint density at radius 3 is 2.36 bits per heavy atom. The summed E-state index contributed by atoms with van der Waals surface area (Å²) in [5, 5.41) is 8.91. The van der Waals surface area contributed by atoms with Crippen molar-refractivity contribution >= 4 is 15.9 Å². The van der Waals surface area contributed by atoms with E-state index in [4.69, 9.17) is 5.11 Å². The molecule has 0 aromatic carbocycles. The van der Waals surface area contributed by atoms with Gasteiger partial charge < -0.3 is 9.84 Å². The molecule has 0 saturated carbocycles. The van der Waals surface area contributed by atoms with Crippen molar-refractivity contribution in [2.45, 2.75) is 17.9 Å². The van der Waals surface area contributed by atoms with Crippen LogP contribution in [0.25, 0.3) is 0 Å². The fourth-order valence-corrected chi connectivity index (χ4v) is 1.13. The molecule has 1 N–H and O–H groups in total. The average molecular weight is 233 g/mol. The molecule has 0 saturated heterocycles. The minimum atomic E-state index is -3.23. The lowest BCUT2D eigenvalue weighted by molar-refractivity contribution is -0.0694. The SMILES string of the molecule is COCC(C)C(O)C(F)(F)Br. The van der Waals surface area contributed by atoms with Crippen LogP contribution in [0.2, 0.25) is 0 Å². The van der Waals surface area contributed by atoms with Crippen molar-refractivity contribution in [3.8, 4) is 0 Å². The molecule has 0 rings (SSSR count). The molecule has 0 fully saturated rings. The van der Waals surface area contributed by atoms with Crippen LogP contribution >= 0.6 is 15.9 Å². The molecule has 0 aromatic heterocycles. The second-order valence-electron chi connectivity index (χ2n) is 2.42. The Balaban J connectivity index is 3.91. The Hall–Kier alpha value is 0.260. The average Bonchev–Trinajstić information content (AvgIpc) is 1.85. The fraction of sp³-hybridized carbons (Fsp3) is 1.00. The first kappa shape index (κ1) is 11.3. The molecule has 11 heavy (non-hydrogen) atoms. The van der Waals surface area contributed by atoms with Gasteiger partial charge in [-0.2, -0.15) is 8.78 Å². The Bertz CT molecular complexity index is 116. The normalized spacial score (nSPS) is 18.0. The molecule has 0 aliphatic rings. The minimum absolute atomic E-state index is 0.113. The van der Waals surface area contributed by atoms with Crippen molar-refractivity contribution in [1.29, 1.82) is 0 Å². The van der Waals surface area contributed by atoms with Crippen molar-refractivity contribution in [2.75, 3.05) is 13.7 Å². The number of alkyl halides is 3. The highest BCUT2D eigenvalue weighted by atomic mass is 79.9. The van der Waals surface area contributed by atoms with E-state index in [1.807, 2.05) is 0 Å². The third-order valence-corrected chi connectivity index (χ3v) is 1.77. The van der Waals surface area contributed by atoms with E-state index in [2.05, 4.69) is 20.7 Å². The molecule has 0 radical (unpaired) electrons. The monoisotopic (exact) mass is 232 g/mol. The molecule has 0 amide bonds. The predicted molar refractivity (Wildman–Crippen MR) is 40.9 cm³/mol. The molecule has 0 aliphatic heterocycles. The molecule has 2 unspecified atom stereocenters. The van der Waals surface area contributed by atoms with E-state index in [1.165, 1.54) is 14.0 Å². The molecular weight excluding hydrogens is 222 g/mol. The number of hydrogen-bond donors (Lipinski definition) is 1. The lowest BCUT2D eigenvalue weighted by Crippen LogP contribution is -2.35. The Morgan fingerprint density at radius 1 is 1.64 bits per heavy atom. The molecule has 0 spiro atoms. The van der Waals surface area contributed by atoms with Crippen LogP contribution in [0, 0.1) is 5.92 Å². The van der Waals surface area contributed by atoms with Gasteiger partial charge in [-0.05, 0) is 15.9 Å². The van der Waals surface area contributed by atoms with Crippen LogP contribution in [-0.4, -0.2) is 29.8 Å². The van der Waals surface area contributed by atoms with Crippen LogP contribution in [0.4, 0.5) is 8.78 Å². The number of aliphatic hydroxyl groups is 1. The Morgan fingerprint density at radius 2 is 2.09 bits per heavy atom. The molecule has 0 aromatic rings. The minimum Gasteiger partial charge on any atom is -0.385 e. The second kappa shape index (κ2) is 4.33. The Labute approximate surface area is 72.7 Å². The number of ether oxygens (including phenoxy) is 1. The third kappa shape index (κ3) is 3.98. The molecule has 68 valence electrons. The van der Waals surface area contributed by atoms with Crippen LogP contribution in [0.3, 0.4) is 0 Å². The summed E-state index contributed by atoms with van der Waals surface area (Å²) >= 11 is 2.08. The van der Waals surface area contributed by atoms with Gasteiger partial charge in [0.15, 0.2) is 0 Å². The first-order valence-electron chi connectivity index (χ1n) is 3.13. The predicted octanol–water partition coefficient (Wildman–Crippen LogP) is 1.62. The highest BCUT2D eigenvalue weighted by molar-refractivity contribution is 9.10. The topological polar surface area (TPSA) is 29.5 Å². The van der Waals surface area contributed by atoms with Crippen LogP contribution in [-0.2, 0) is 4.74 Å². The summed E-state index contributed by atoms with van der Waals surface area (Å²) in [5.74, 6) is -0.589. The van der Waals surface area contributed by atoms with E-state index in [9.17, 15) is 8.78 Å². The van der Waals surface area contributed by atoms with E-state index in [0.29, 0.717) is 0 Å². The quantitative estimate of drug-likeness (QED) is 0.747. The number of hydrogen-bond acceptors (Lipinski definition) is 2. The van der Waals surface area contributed by atoms with Gasteiger partial charge in [0.1, 0.15) is 6.10 Å². The summed E-state index contributed by atoms with van der Waals surface area (Å²) in [4.78, 5) is -3.23. The number of methoxy groups -OCH3 is 1. The summed E-state index contributed by atoms with van der Waals surface area (Å²) in [6, 6.07) is 0. The lowest BCUT2D eigenvalue weighted by Gasteiger charge is -2.21. The zero-order valence-electron chi connectivity index (χ0n) is 6.35. The second-order valence-corrected chi connectivity index (χ2v) is 3.48. The lowest BCUT2D eigenvalue weighted by atomic mass is 10.1.